The number of nitrogens with zero attached hydrogens (tertiary/aromatic N) is 1. The van der Waals surface area contributed by atoms with Crippen LogP contribution in [0.3, 0.4) is 0 Å². The summed E-state index contributed by atoms with van der Waals surface area (Å²) in [6.07, 6.45) is 0.603. The highest BCUT2D eigenvalue weighted by Crippen LogP contribution is 2.44. The number of rotatable bonds is 1. The molecule has 0 aliphatic carbocycles. The zero-order valence-corrected chi connectivity index (χ0v) is 12.0. The average molecular weight is 243 g/mol. The quantitative estimate of drug-likeness (QED) is 0.719. The maximum Gasteiger partial charge on any atom is 0.311 e. The van der Waals surface area contributed by atoms with Crippen LogP contribution >= 0.6 is 0 Å². The monoisotopic (exact) mass is 243 g/mol. The molecule has 1 rings (SSSR count). The van der Waals surface area contributed by atoms with Crippen molar-refractivity contribution in [2.24, 2.45) is 5.92 Å². The fourth-order valence-electron chi connectivity index (χ4n) is 2.51. The minimum Gasteiger partial charge on any atom is -0.460 e. The Hall–Kier alpha value is -0.610. The number of hydrogen-bond acceptors (Lipinski definition) is 4. The first kappa shape index (κ1) is 14.5. The Bertz CT molecular complexity index is 315. The molecule has 1 atom stereocenters. The first-order valence-corrected chi connectivity index (χ1v) is 6.10. The Morgan fingerprint density at radius 2 is 1.76 bits per heavy atom. The average Bonchev–Trinajstić information content (AvgIpc) is 2.23. The van der Waals surface area contributed by atoms with E-state index >= 15 is 0 Å². The molecule has 1 saturated heterocycles. The molecule has 0 amide bonds. The highest BCUT2D eigenvalue weighted by molar-refractivity contribution is 5.75. The predicted octanol–water partition coefficient (Wildman–Crippen LogP) is 2.60. The molecule has 17 heavy (non-hydrogen) atoms. The SMILES string of the molecule is CC(C)(C)OC(=O)C1CC(C)(C)N(O)C1(C)C. The molecule has 0 aromatic carbocycles. The molecule has 0 radical (unpaired) electrons. The molecule has 0 bridgehead atoms. The van der Waals surface area contributed by atoms with E-state index in [1.54, 1.807) is 0 Å². The van der Waals surface area contributed by atoms with E-state index in [1.165, 1.54) is 5.06 Å². The Morgan fingerprint density at radius 3 is 2.06 bits per heavy atom. The minimum absolute atomic E-state index is 0.230. The van der Waals surface area contributed by atoms with E-state index in [1.807, 2.05) is 48.5 Å². The van der Waals surface area contributed by atoms with Gasteiger partial charge in [-0.15, -0.1) is 0 Å². The summed E-state index contributed by atoms with van der Waals surface area (Å²) in [5.74, 6) is -0.533. The van der Waals surface area contributed by atoms with Crippen molar-refractivity contribution < 1.29 is 14.7 Å². The van der Waals surface area contributed by atoms with Crippen LogP contribution in [0.1, 0.15) is 54.9 Å². The molecule has 0 aromatic rings. The number of hydrogen-bond donors (Lipinski definition) is 1. The van der Waals surface area contributed by atoms with Crippen molar-refractivity contribution in [1.29, 1.82) is 0 Å². The van der Waals surface area contributed by atoms with Crippen LogP contribution in [0.5, 0.6) is 0 Å². The first-order chi connectivity index (χ1) is 7.38. The normalized spacial score (nSPS) is 28.1. The summed E-state index contributed by atoms with van der Waals surface area (Å²) in [6, 6.07) is 0. The maximum absolute atomic E-state index is 12.1. The van der Waals surface area contributed by atoms with Gasteiger partial charge in [-0.3, -0.25) is 4.79 Å². The van der Waals surface area contributed by atoms with Gasteiger partial charge in [0.05, 0.1) is 11.5 Å². The van der Waals surface area contributed by atoms with Crippen LogP contribution in [0, 0.1) is 5.92 Å². The standard InChI is InChI=1S/C13H25NO3/c1-11(2,3)17-10(15)9-8-12(4,5)14(16)13(9,6)7/h9,16H,8H2,1-7H3. The number of hydroxylamine groups is 2. The molecule has 0 saturated carbocycles. The van der Waals surface area contributed by atoms with Gasteiger partial charge in [-0.05, 0) is 54.9 Å². The van der Waals surface area contributed by atoms with E-state index in [0.29, 0.717) is 6.42 Å². The van der Waals surface area contributed by atoms with Gasteiger partial charge in [-0.25, -0.2) is 0 Å². The topological polar surface area (TPSA) is 49.8 Å². The number of esters is 1. The highest BCUT2D eigenvalue weighted by Gasteiger charge is 2.55. The second kappa shape index (κ2) is 3.95. The van der Waals surface area contributed by atoms with E-state index in [2.05, 4.69) is 0 Å². The van der Waals surface area contributed by atoms with E-state index in [4.69, 9.17) is 4.74 Å². The van der Waals surface area contributed by atoms with Crippen LogP contribution in [0.15, 0.2) is 0 Å². The molecule has 4 heteroatoms. The molecule has 100 valence electrons. The Balaban J connectivity index is 2.90. The molecule has 0 aromatic heterocycles. The Morgan fingerprint density at radius 1 is 1.29 bits per heavy atom. The van der Waals surface area contributed by atoms with Crippen molar-refractivity contribution in [3.63, 3.8) is 0 Å². The second-order valence-electron chi connectivity index (χ2n) is 7.07. The van der Waals surface area contributed by atoms with E-state index in [0.717, 1.165) is 0 Å². The molecule has 1 unspecified atom stereocenters. The summed E-state index contributed by atoms with van der Waals surface area (Å²) in [6.45, 7) is 13.2. The highest BCUT2D eigenvalue weighted by atomic mass is 16.6. The van der Waals surface area contributed by atoms with Crippen molar-refractivity contribution >= 4 is 5.97 Å². The van der Waals surface area contributed by atoms with Crippen molar-refractivity contribution in [3.8, 4) is 0 Å². The van der Waals surface area contributed by atoms with Crippen molar-refractivity contribution in [1.82, 2.24) is 5.06 Å². The number of ether oxygens (including phenoxy) is 1. The first-order valence-electron chi connectivity index (χ1n) is 6.10. The van der Waals surface area contributed by atoms with Gasteiger partial charge in [0.15, 0.2) is 0 Å². The summed E-state index contributed by atoms with van der Waals surface area (Å²) >= 11 is 0. The van der Waals surface area contributed by atoms with E-state index in [-0.39, 0.29) is 11.9 Å². The van der Waals surface area contributed by atoms with Crippen LogP contribution in [0.25, 0.3) is 0 Å². The maximum atomic E-state index is 12.1. The summed E-state index contributed by atoms with van der Waals surface area (Å²) in [5.41, 5.74) is -1.48. The van der Waals surface area contributed by atoms with Gasteiger partial charge in [0.25, 0.3) is 0 Å². The zero-order valence-electron chi connectivity index (χ0n) is 12.0. The van der Waals surface area contributed by atoms with Gasteiger partial charge in [0.1, 0.15) is 5.60 Å². The number of carbonyl (C=O) groups excluding carboxylic acids is 1. The minimum atomic E-state index is -0.591. The third-order valence-electron chi connectivity index (χ3n) is 3.37. The molecule has 1 fully saturated rings. The summed E-state index contributed by atoms with van der Waals surface area (Å²) in [5, 5.41) is 11.4. The van der Waals surface area contributed by atoms with Crippen LogP contribution in [0.4, 0.5) is 0 Å². The largest absolute Gasteiger partial charge is 0.460 e. The lowest BCUT2D eigenvalue weighted by atomic mass is 9.87. The molecule has 0 spiro atoms. The lowest BCUT2D eigenvalue weighted by molar-refractivity contribution is -0.201. The van der Waals surface area contributed by atoms with Gasteiger partial charge in [-0.1, -0.05) is 0 Å². The second-order valence-corrected chi connectivity index (χ2v) is 7.07. The third-order valence-corrected chi connectivity index (χ3v) is 3.37. The molecule has 1 aliphatic rings. The molecule has 1 aliphatic heterocycles. The van der Waals surface area contributed by atoms with E-state index in [9.17, 15) is 10.0 Å². The number of carbonyl (C=O) groups is 1. The molecule has 1 heterocycles. The smallest absolute Gasteiger partial charge is 0.311 e. The third kappa shape index (κ3) is 2.80. The van der Waals surface area contributed by atoms with Gasteiger partial charge in [0, 0.05) is 5.54 Å². The van der Waals surface area contributed by atoms with Crippen LogP contribution in [0.2, 0.25) is 0 Å². The van der Waals surface area contributed by atoms with Gasteiger partial charge in [-0.2, -0.15) is 5.06 Å². The fourth-order valence-corrected chi connectivity index (χ4v) is 2.51. The fraction of sp³-hybridized carbons (Fsp3) is 0.923. The molecular formula is C13H25NO3. The summed E-state index contributed by atoms with van der Waals surface area (Å²) in [4.78, 5) is 12.1. The van der Waals surface area contributed by atoms with Crippen molar-refractivity contribution in [3.05, 3.63) is 0 Å². The molecule has 4 nitrogen and oxygen atoms in total. The lowest BCUT2D eigenvalue weighted by Gasteiger charge is -2.35. The van der Waals surface area contributed by atoms with Crippen LogP contribution in [-0.4, -0.2) is 32.9 Å². The molecule has 1 N–H and O–H groups in total. The summed E-state index contributed by atoms with van der Waals surface area (Å²) < 4.78 is 5.42. The van der Waals surface area contributed by atoms with Crippen molar-refractivity contribution in [2.75, 3.05) is 0 Å². The van der Waals surface area contributed by atoms with E-state index < -0.39 is 16.7 Å². The Labute approximate surface area is 104 Å². The predicted molar refractivity (Wildman–Crippen MR) is 65.7 cm³/mol. The van der Waals surface area contributed by atoms with Crippen LogP contribution in [-0.2, 0) is 9.53 Å². The van der Waals surface area contributed by atoms with Gasteiger partial charge >= 0.3 is 5.97 Å². The molecular weight excluding hydrogens is 218 g/mol. The lowest BCUT2D eigenvalue weighted by Crippen LogP contribution is -2.49. The Kier molecular flexibility index (Phi) is 3.36. The van der Waals surface area contributed by atoms with Gasteiger partial charge in [0.2, 0.25) is 0 Å². The summed E-state index contributed by atoms with van der Waals surface area (Å²) in [7, 11) is 0. The van der Waals surface area contributed by atoms with Gasteiger partial charge < -0.3 is 9.94 Å². The zero-order chi connectivity index (χ0) is 13.6. The van der Waals surface area contributed by atoms with Crippen LogP contribution < -0.4 is 0 Å². The van der Waals surface area contributed by atoms with Crippen molar-refractivity contribution in [2.45, 2.75) is 71.6 Å².